The first-order chi connectivity index (χ1) is 15.5. The second kappa shape index (κ2) is 8.60. The van der Waals surface area contributed by atoms with Crippen LogP contribution in [0, 0.1) is 0 Å². The van der Waals surface area contributed by atoms with Gasteiger partial charge < -0.3 is 4.90 Å². The van der Waals surface area contributed by atoms with E-state index in [0.717, 1.165) is 24.6 Å². The number of rotatable bonds is 4. The second-order valence-corrected chi connectivity index (χ2v) is 10.2. The van der Waals surface area contributed by atoms with Crippen LogP contribution in [0.1, 0.15) is 47.9 Å². The molecule has 2 aliphatic rings. The number of amides is 1. The number of alkyl halides is 3. The average Bonchev–Trinajstić information content (AvgIpc) is 3.43. The van der Waals surface area contributed by atoms with Gasteiger partial charge in [-0.3, -0.25) is 9.36 Å². The van der Waals surface area contributed by atoms with Crippen molar-refractivity contribution in [1.29, 1.82) is 0 Å². The van der Waals surface area contributed by atoms with Crippen LogP contribution < -0.4 is 5.69 Å². The highest BCUT2D eigenvalue weighted by atomic mass is 32.2. The summed E-state index contributed by atoms with van der Waals surface area (Å²) in [6.45, 7) is 1.45. The van der Waals surface area contributed by atoms with Crippen molar-refractivity contribution in [3.63, 3.8) is 0 Å². The molecule has 9 nitrogen and oxygen atoms in total. The molecule has 13 heteroatoms. The Morgan fingerprint density at radius 1 is 1.03 bits per heavy atom. The molecule has 0 N–H and O–H groups in total. The summed E-state index contributed by atoms with van der Waals surface area (Å²) >= 11 is 0. The first-order valence-electron chi connectivity index (χ1n) is 10.6. The molecule has 4 rings (SSSR count). The van der Waals surface area contributed by atoms with E-state index in [1.807, 2.05) is 0 Å². The number of hydrogen-bond donors (Lipinski definition) is 0. The van der Waals surface area contributed by atoms with E-state index in [1.54, 1.807) is 4.90 Å². The molecule has 0 spiro atoms. The molecular weight excluding hydrogens is 463 g/mol. The standard InChI is InChI=1S/C20H24F3N5O4S/c1-25-18(20(21,22)23)24-28(19(25)30)15-8-12-26(13-9-15)17(29)14-4-6-16(7-5-14)33(31,32)27-10-2-3-11-27/h4-7,15H,2-3,8-13H2,1H3. The highest BCUT2D eigenvalue weighted by Crippen LogP contribution is 2.28. The molecule has 0 atom stereocenters. The SMILES string of the molecule is Cn1c(C(F)(F)F)nn(C2CCN(C(=O)c3ccc(S(=O)(=O)N4CCCC4)cc3)CC2)c1=O. The second-order valence-electron chi connectivity index (χ2n) is 8.27. The van der Waals surface area contributed by atoms with E-state index in [4.69, 9.17) is 0 Å². The lowest BCUT2D eigenvalue weighted by Crippen LogP contribution is -2.41. The van der Waals surface area contributed by atoms with Gasteiger partial charge in [0.05, 0.1) is 10.9 Å². The monoisotopic (exact) mass is 487 g/mol. The largest absolute Gasteiger partial charge is 0.451 e. The van der Waals surface area contributed by atoms with Crippen molar-refractivity contribution in [3.05, 3.63) is 46.1 Å². The quantitative estimate of drug-likeness (QED) is 0.656. The zero-order chi connectivity index (χ0) is 24.0. The van der Waals surface area contributed by atoms with Gasteiger partial charge in [0.1, 0.15) is 0 Å². The van der Waals surface area contributed by atoms with Crippen molar-refractivity contribution in [3.8, 4) is 0 Å². The van der Waals surface area contributed by atoms with Crippen LogP contribution in [-0.2, 0) is 23.2 Å². The molecule has 0 unspecified atom stereocenters. The molecule has 1 aromatic carbocycles. The van der Waals surface area contributed by atoms with Crippen molar-refractivity contribution in [1.82, 2.24) is 23.6 Å². The first-order valence-corrected chi connectivity index (χ1v) is 12.1. The molecule has 180 valence electrons. The van der Waals surface area contributed by atoms with Crippen LogP contribution in [0.25, 0.3) is 0 Å². The van der Waals surface area contributed by atoms with Gasteiger partial charge in [-0.25, -0.2) is 17.9 Å². The normalized spacial score (nSPS) is 18.7. The van der Waals surface area contributed by atoms with Gasteiger partial charge in [-0.1, -0.05) is 0 Å². The maximum atomic E-state index is 13.0. The number of sulfonamides is 1. The zero-order valence-corrected chi connectivity index (χ0v) is 18.8. The Labute approximate surface area is 188 Å². The Balaban J connectivity index is 1.42. The van der Waals surface area contributed by atoms with Crippen LogP contribution >= 0.6 is 0 Å². The van der Waals surface area contributed by atoms with E-state index < -0.39 is 33.8 Å². The maximum Gasteiger partial charge on any atom is 0.451 e. The molecule has 3 heterocycles. The highest BCUT2D eigenvalue weighted by Gasteiger charge is 2.39. The van der Waals surface area contributed by atoms with Crippen molar-refractivity contribution in [2.24, 2.45) is 7.05 Å². The predicted molar refractivity (Wildman–Crippen MR) is 111 cm³/mol. The minimum atomic E-state index is -4.73. The Morgan fingerprint density at radius 3 is 2.12 bits per heavy atom. The van der Waals surface area contributed by atoms with Gasteiger partial charge in [0, 0.05) is 38.8 Å². The highest BCUT2D eigenvalue weighted by molar-refractivity contribution is 7.89. The minimum Gasteiger partial charge on any atom is -0.338 e. The van der Waals surface area contributed by atoms with E-state index in [-0.39, 0.29) is 36.7 Å². The van der Waals surface area contributed by atoms with E-state index >= 15 is 0 Å². The van der Waals surface area contributed by atoms with Crippen molar-refractivity contribution >= 4 is 15.9 Å². The van der Waals surface area contributed by atoms with Gasteiger partial charge in [-0.2, -0.15) is 17.5 Å². The summed E-state index contributed by atoms with van der Waals surface area (Å²) in [7, 11) is -2.54. The molecule has 0 radical (unpaired) electrons. The molecule has 33 heavy (non-hydrogen) atoms. The molecule has 1 amide bonds. The number of carbonyl (C=O) groups is 1. The fraction of sp³-hybridized carbons (Fsp3) is 0.550. The summed E-state index contributed by atoms with van der Waals surface area (Å²) < 4.78 is 67.1. The van der Waals surface area contributed by atoms with Crippen LogP contribution in [0.15, 0.2) is 34.0 Å². The lowest BCUT2D eigenvalue weighted by molar-refractivity contribution is -0.147. The smallest absolute Gasteiger partial charge is 0.338 e. The fourth-order valence-corrected chi connectivity index (χ4v) is 5.80. The van der Waals surface area contributed by atoms with Gasteiger partial charge >= 0.3 is 11.9 Å². The van der Waals surface area contributed by atoms with Crippen LogP contribution in [0.4, 0.5) is 13.2 Å². The van der Waals surface area contributed by atoms with Crippen LogP contribution in [0.5, 0.6) is 0 Å². The van der Waals surface area contributed by atoms with Crippen LogP contribution in [0.3, 0.4) is 0 Å². The molecule has 0 bridgehead atoms. The number of likely N-dealkylation sites (tertiary alicyclic amines) is 1. The molecule has 2 aliphatic heterocycles. The topological polar surface area (TPSA) is 97.5 Å². The molecule has 0 aliphatic carbocycles. The molecule has 2 aromatic rings. The number of hydrogen-bond acceptors (Lipinski definition) is 5. The average molecular weight is 488 g/mol. The Kier molecular flexibility index (Phi) is 6.12. The molecule has 2 saturated heterocycles. The van der Waals surface area contributed by atoms with Crippen LogP contribution in [0.2, 0.25) is 0 Å². The van der Waals surface area contributed by atoms with E-state index in [9.17, 15) is 31.2 Å². The van der Waals surface area contributed by atoms with Crippen LogP contribution in [-0.4, -0.2) is 64.1 Å². The summed E-state index contributed by atoms with van der Waals surface area (Å²) in [5.41, 5.74) is -0.523. The van der Waals surface area contributed by atoms with Crippen molar-refractivity contribution < 1.29 is 26.4 Å². The molecular formula is C20H24F3N5O4S. The maximum absolute atomic E-state index is 13.0. The van der Waals surface area contributed by atoms with E-state index in [2.05, 4.69) is 5.10 Å². The van der Waals surface area contributed by atoms with Gasteiger partial charge in [0.15, 0.2) is 0 Å². The molecule has 2 fully saturated rings. The Morgan fingerprint density at radius 2 is 1.61 bits per heavy atom. The Bertz CT molecular complexity index is 1190. The summed E-state index contributed by atoms with van der Waals surface area (Å²) in [4.78, 5) is 26.7. The van der Waals surface area contributed by atoms with E-state index in [1.165, 1.54) is 28.6 Å². The lowest BCUT2D eigenvalue weighted by atomic mass is 10.0. The predicted octanol–water partition coefficient (Wildman–Crippen LogP) is 1.86. The lowest BCUT2D eigenvalue weighted by Gasteiger charge is -2.31. The third-order valence-corrected chi connectivity index (χ3v) is 8.07. The summed E-state index contributed by atoms with van der Waals surface area (Å²) in [5.74, 6) is -1.56. The zero-order valence-electron chi connectivity index (χ0n) is 18.0. The summed E-state index contributed by atoms with van der Waals surface area (Å²) in [5, 5.41) is 3.48. The number of nitrogens with zero attached hydrogens (tertiary/aromatic N) is 5. The summed E-state index contributed by atoms with van der Waals surface area (Å²) in [6, 6.07) is 5.23. The minimum absolute atomic E-state index is 0.134. The van der Waals surface area contributed by atoms with Crippen molar-refractivity contribution in [2.45, 2.75) is 42.8 Å². The number of piperidine rings is 1. The molecule has 0 saturated carbocycles. The number of aromatic nitrogens is 3. The first kappa shape index (κ1) is 23.5. The number of halogens is 3. The van der Waals surface area contributed by atoms with Gasteiger partial charge in [-0.05, 0) is 49.9 Å². The number of carbonyl (C=O) groups excluding carboxylic acids is 1. The third-order valence-electron chi connectivity index (χ3n) is 6.16. The molecule has 1 aromatic heterocycles. The van der Waals surface area contributed by atoms with E-state index in [0.29, 0.717) is 23.2 Å². The van der Waals surface area contributed by atoms with Gasteiger partial charge in [-0.15, -0.1) is 5.10 Å². The van der Waals surface area contributed by atoms with Gasteiger partial charge in [0.2, 0.25) is 15.8 Å². The Hall–Kier alpha value is -2.67. The van der Waals surface area contributed by atoms with Crippen molar-refractivity contribution in [2.75, 3.05) is 26.2 Å². The third kappa shape index (κ3) is 4.43. The number of benzene rings is 1. The summed E-state index contributed by atoms with van der Waals surface area (Å²) in [6.07, 6.45) is -2.52. The van der Waals surface area contributed by atoms with Gasteiger partial charge in [0.25, 0.3) is 5.91 Å². The fourth-order valence-electron chi connectivity index (χ4n) is 4.28.